The molecule has 1 aliphatic rings. The van der Waals surface area contributed by atoms with Crippen LogP contribution in [0.15, 0.2) is 29.1 Å². The predicted molar refractivity (Wildman–Crippen MR) is 81.1 cm³/mol. The number of nitrogens with zero attached hydrogens (tertiary/aromatic N) is 6. The van der Waals surface area contributed by atoms with Crippen molar-refractivity contribution in [2.75, 3.05) is 36.0 Å². The standard InChI is InChI=1S/C12H15N7OS/c13-11(17-20)9-7-16-10(8-15-9)18-2-4-19(5-3-18)12-14-1-6-21-12/h1,6-8,20H,2-5H2,(H2,13,17). The molecule has 0 radical (unpaired) electrons. The fourth-order valence-electron chi connectivity index (χ4n) is 2.17. The number of rotatable bonds is 3. The normalized spacial score (nSPS) is 16.3. The molecular weight excluding hydrogens is 290 g/mol. The molecule has 0 atom stereocenters. The molecule has 3 heterocycles. The van der Waals surface area contributed by atoms with Crippen LogP contribution in [-0.4, -0.2) is 52.2 Å². The number of anilines is 2. The smallest absolute Gasteiger partial charge is 0.190 e. The largest absolute Gasteiger partial charge is 0.409 e. The van der Waals surface area contributed by atoms with Crippen LogP contribution in [0.5, 0.6) is 0 Å². The highest BCUT2D eigenvalue weighted by atomic mass is 32.1. The Balaban J connectivity index is 1.64. The lowest BCUT2D eigenvalue weighted by atomic mass is 10.3. The summed E-state index contributed by atoms with van der Waals surface area (Å²) >= 11 is 1.65. The van der Waals surface area contributed by atoms with E-state index in [4.69, 9.17) is 10.9 Å². The van der Waals surface area contributed by atoms with Crippen LogP contribution < -0.4 is 15.5 Å². The van der Waals surface area contributed by atoms with Crippen LogP contribution in [0.2, 0.25) is 0 Å². The van der Waals surface area contributed by atoms with Gasteiger partial charge >= 0.3 is 0 Å². The van der Waals surface area contributed by atoms with Crippen molar-refractivity contribution >= 4 is 28.1 Å². The van der Waals surface area contributed by atoms with Gasteiger partial charge in [0, 0.05) is 37.8 Å². The van der Waals surface area contributed by atoms with E-state index in [-0.39, 0.29) is 5.84 Å². The molecule has 8 nitrogen and oxygen atoms in total. The maximum absolute atomic E-state index is 8.60. The van der Waals surface area contributed by atoms with Crippen molar-refractivity contribution in [2.24, 2.45) is 10.9 Å². The number of oxime groups is 1. The van der Waals surface area contributed by atoms with Crippen molar-refractivity contribution in [3.8, 4) is 0 Å². The summed E-state index contributed by atoms with van der Waals surface area (Å²) in [5.74, 6) is 0.755. The Morgan fingerprint density at radius 3 is 2.48 bits per heavy atom. The minimum absolute atomic E-state index is 0.0392. The molecule has 0 saturated carbocycles. The summed E-state index contributed by atoms with van der Waals surface area (Å²) in [6, 6.07) is 0. The first-order valence-corrected chi connectivity index (χ1v) is 7.35. The highest BCUT2D eigenvalue weighted by molar-refractivity contribution is 7.13. The summed E-state index contributed by atoms with van der Waals surface area (Å²) in [7, 11) is 0. The van der Waals surface area contributed by atoms with Gasteiger partial charge < -0.3 is 20.7 Å². The zero-order valence-electron chi connectivity index (χ0n) is 11.3. The Kier molecular flexibility index (Phi) is 3.82. The number of aromatic nitrogens is 3. The molecule has 0 bridgehead atoms. The molecule has 0 amide bonds. The summed E-state index contributed by atoms with van der Waals surface area (Å²) < 4.78 is 0. The summed E-state index contributed by atoms with van der Waals surface area (Å²) in [5, 5.41) is 14.5. The maximum Gasteiger partial charge on any atom is 0.190 e. The van der Waals surface area contributed by atoms with E-state index in [1.807, 2.05) is 11.6 Å². The Labute approximate surface area is 125 Å². The van der Waals surface area contributed by atoms with Crippen molar-refractivity contribution in [1.29, 1.82) is 0 Å². The predicted octanol–water partition coefficient (Wildman–Crippen LogP) is 0.354. The summed E-state index contributed by atoms with van der Waals surface area (Å²) in [4.78, 5) is 17.2. The van der Waals surface area contributed by atoms with Crippen molar-refractivity contribution < 1.29 is 5.21 Å². The van der Waals surface area contributed by atoms with Crippen LogP contribution in [0.4, 0.5) is 10.9 Å². The minimum atomic E-state index is -0.0392. The highest BCUT2D eigenvalue weighted by Gasteiger charge is 2.19. The van der Waals surface area contributed by atoms with E-state index in [0.717, 1.165) is 37.1 Å². The molecule has 0 unspecified atom stereocenters. The Bertz CT molecular complexity index is 605. The van der Waals surface area contributed by atoms with Crippen molar-refractivity contribution in [3.05, 3.63) is 29.7 Å². The van der Waals surface area contributed by atoms with Gasteiger partial charge in [0.2, 0.25) is 0 Å². The van der Waals surface area contributed by atoms with Gasteiger partial charge in [0.15, 0.2) is 11.0 Å². The molecule has 9 heteroatoms. The first-order valence-electron chi connectivity index (χ1n) is 6.47. The van der Waals surface area contributed by atoms with Gasteiger partial charge in [-0.1, -0.05) is 5.16 Å². The second kappa shape index (κ2) is 5.92. The highest BCUT2D eigenvalue weighted by Crippen LogP contribution is 2.20. The third-order valence-corrected chi connectivity index (χ3v) is 4.13. The van der Waals surface area contributed by atoms with E-state index in [1.165, 1.54) is 6.20 Å². The molecule has 0 aliphatic carbocycles. The molecule has 1 saturated heterocycles. The second-order valence-corrected chi connectivity index (χ2v) is 5.41. The van der Waals surface area contributed by atoms with Gasteiger partial charge in [-0.25, -0.2) is 15.0 Å². The van der Waals surface area contributed by atoms with Crippen LogP contribution >= 0.6 is 11.3 Å². The van der Waals surface area contributed by atoms with Gasteiger partial charge in [0.05, 0.1) is 12.4 Å². The number of hydrogen-bond donors (Lipinski definition) is 2. The Hall–Kier alpha value is -2.42. The lowest BCUT2D eigenvalue weighted by Crippen LogP contribution is -2.46. The van der Waals surface area contributed by atoms with E-state index in [9.17, 15) is 0 Å². The first-order chi connectivity index (χ1) is 10.3. The zero-order valence-corrected chi connectivity index (χ0v) is 12.1. The van der Waals surface area contributed by atoms with E-state index in [0.29, 0.717) is 5.69 Å². The van der Waals surface area contributed by atoms with E-state index in [1.54, 1.807) is 17.5 Å². The molecule has 0 aromatic carbocycles. The van der Waals surface area contributed by atoms with Gasteiger partial charge in [0.1, 0.15) is 11.5 Å². The van der Waals surface area contributed by atoms with Crippen molar-refractivity contribution in [3.63, 3.8) is 0 Å². The van der Waals surface area contributed by atoms with Gasteiger partial charge in [-0.2, -0.15) is 0 Å². The van der Waals surface area contributed by atoms with Crippen molar-refractivity contribution in [2.45, 2.75) is 0 Å². The average molecular weight is 305 g/mol. The topological polar surface area (TPSA) is 104 Å². The molecule has 1 aliphatic heterocycles. The first kappa shape index (κ1) is 13.6. The third kappa shape index (κ3) is 2.87. The molecular formula is C12H15N7OS. The van der Waals surface area contributed by atoms with Crippen molar-refractivity contribution in [1.82, 2.24) is 15.0 Å². The minimum Gasteiger partial charge on any atom is -0.409 e. The number of piperazine rings is 1. The van der Waals surface area contributed by atoms with Crippen LogP contribution in [0.25, 0.3) is 0 Å². The number of amidine groups is 1. The Morgan fingerprint density at radius 1 is 1.14 bits per heavy atom. The zero-order chi connectivity index (χ0) is 14.7. The average Bonchev–Trinajstić information content (AvgIpc) is 3.09. The van der Waals surface area contributed by atoms with Gasteiger partial charge in [-0.3, -0.25) is 0 Å². The van der Waals surface area contributed by atoms with Crippen LogP contribution in [-0.2, 0) is 0 Å². The second-order valence-electron chi connectivity index (χ2n) is 4.53. The molecule has 1 fully saturated rings. The van der Waals surface area contributed by atoms with Gasteiger partial charge in [-0.15, -0.1) is 11.3 Å². The summed E-state index contributed by atoms with van der Waals surface area (Å²) in [5.41, 5.74) is 5.83. The number of nitrogens with two attached hydrogens (primary N) is 1. The fourth-order valence-corrected chi connectivity index (χ4v) is 2.86. The third-order valence-electron chi connectivity index (χ3n) is 3.30. The van der Waals surface area contributed by atoms with Crippen LogP contribution in [0.1, 0.15) is 5.69 Å². The molecule has 3 rings (SSSR count). The molecule has 2 aromatic heterocycles. The van der Waals surface area contributed by atoms with Crippen LogP contribution in [0.3, 0.4) is 0 Å². The fraction of sp³-hybridized carbons (Fsp3) is 0.333. The van der Waals surface area contributed by atoms with Gasteiger partial charge in [-0.05, 0) is 0 Å². The maximum atomic E-state index is 8.60. The van der Waals surface area contributed by atoms with Crippen LogP contribution in [0, 0.1) is 0 Å². The lowest BCUT2D eigenvalue weighted by Gasteiger charge is -2.35. The molecule has 110 valence electrons. The van der Waals surface area contributed by atoms with E-state index >= 15 is 0 Å². The summed E-state index contributed by atoms with van der Waals surface area (Å²) in [6.45, 7) is 3.52. The quantitative estimate of drug-likeness (QED) is 0.365. The number of thiazole rings is 1. The molecule has 0 spiro atoms. The van der Waals surface area contributed by atoms with Gasteiger partial charge in [0.25, 0.3) is 0 Å². The van der Waals surface area contributed by atoms with E-state index in [2.05, 4.69) is 29.9 Å². The monoisotopic (exact) mass is 305 g/mol. The molecule has 21 heavy (non-hydrogen) atoms. The van der Waals surface area contributed by atoms with E-state index < -0.39 is 0 Å². The SMILES string of the molecule is NC(=NO)c1cnc(N2CCN(c3nccs3)CC2)cn1. The number of hydrogen-bond acceptors (Lipinski definition) is 8. The molecule has 3 N–H and O–H groups in total. The summed E-state index contributed by atoms with van der Waals surface area (Å²) in [6.07, 6.45) is 4.98. The lowest BCUT2D eigenvalue weighted by molar-refractivity contribution is 0.318. The molecule has 2 aromatic rings. The Morgan fingerprint density at radius 2 is 1.90 bits per heavy atom.